The first-order valence-electron chi connectivity index (χ1n) is 13.9. The lowest BCUT2D eigenvalue weighted by atomic mass is 9.73. The number of unbranched alkanes of at least 4 members (excludes halogenated alkanes) is 1. The monoisotopic (exact) mass is 464 g/mol. The molecule has 0 aliphatic heterocycles. The van der Waals surface area contributed by atoms with Gasteiger partial charge >= 0.3 is 0 Å². The lowest BCUT2D eigenvalue weighted by Crippen LogP contribution is -2.15. The highest BCUT2D eigenvalue weighted by atomic mass is 14.4. The Labute approximate surface area is 214 Å². The number of fused-ring (bicyclic) bond motifs is 2. The highest BCUT2D eigenvalue weighted by molar-refractivity contribution is 5.90. The van der Waals surface area contributed by atoms with Crippen molar-refractivity contribution in [2.24, 2.45) is 23.7 Å². The van der Waals surface area contributed by atoms with Gasteiger partial charge in [0, 0.05) is 11.8 Å². The van der Waals surface area contributed by atoms with Crippen LogP contribution in [0, 0.1) is 23.7 Å². The van der Waals surface area contributed by atoms with Crippen molar-refractivity contribution in [3.63, 3.8) is 0 Å². The van der Waals surface area contributed by atoms with Crippen LogP contribution in [0.25, 0.3) is 22.3 Å². The number of hydrogen-bond acceptors (Lipinski definition) is 0. The summed E-state index contributed by atoms with van der Waals surface area (Å²) in [6.45, 7) is 18.7. The van der Waals surface area contributed by atoms with Gasteiger partial charge in [-0.05, 0) is 82.6 Å². The Morgan fingerprint density at radius 1 is 0.943 bits per heavy atom. The summed E-state index contributed by atoms with van der Waals surface area (Å²) >= 11 is 0. The van der Waals surface area contributed by atoms with Crippen molar-refractivity contribution in [3.8, 4) is 0 Å². The number of rotatable bonds is 6. The minimum absolute atomic E-state index is 0.375. The summed E-state index contributed by atoms with van der Waals surface area (Å²) in [5.74, 6) is 2.01. The summed E-state index contributed by atoms with van der Waals surface area (Å²) in [5.41, 5.74) is 13.1. The molecule has 2 aromatic rings. The van der Waals surface area contributed by atoms with E-state index in [1.807, 2.05) is 0 Å². The van der Waals surface area contributed by atoms with E-state index in [1.54, 1.807) is 5.57 Å². The molecule has 0 heteroatoms. The van der Waals surface area contributed by atoms with E-state index in [0.29, 0.717) is 23.7 Å². The lowest BCUT2D eigenvalue weighted by molar-refractivity contribution is 0.430. The van der Waals surface area contributed by atoms with Gasteiger partial charge in [0.05, 0.1) is 0 Å². The maximum atomic E-state index is 4.57. The zero-order valence-electron chi connectivity index (χ0n) is 22.8. The third kappa shape index (κ3) is 4.77. The van der Waals surface area contributed by atoms with Gasteiger partial charge in [0.1, 0.15) is 0 Å². The average molecular weight is 465 g/mol. The van der Waals surface area contributed by atoms with Gasteiger partial charge in [-0.2, -0.15) is 0 Å². The first-order valence-corrected chi connectivity index (χ1v) is 13.9. The molecular weight excluding hydrogens is 420 g/mol. The molecule has 4 rings (SSSR count). The van der Waals surface area contributed by atoms with E-state index in [2.05, 4.69) is 109 Å². The molecule has 2 aromatic carbocycles. The second-order valence-electron chi connectivity index (χ2n) is 10.7. The molecule has 0 N–H and O–H groups in total. The van der Waals surface area contributed by atoms with Crippen LogP contribution in [0.4, 0.5) is 0 Å². The van der Waals surface area contributed by atoms with Crippen molar-refractivity contribution in [2.75, 3.05) is 0 Å². The summed E-state index contributed by atoms with van der Waals surface area (Å²) in [7, 11) is 0. The predicted octanol–water partition coefficient (Wildman–Crippen LogP) is 10.5. The van der Waals surface area contributed by atoms with Crippen molar-refractivity contribution in [3.05, 3.63) is 95.1 Å². The van der Waals surface area contributed by atoms with E-state index in [4.69, 9.17) is 0 Å². The summed E-state index contributed by atoms with van der Waals surface area (Å²) in [4.78, 5) is 0. The Balaban J connectivity index is 1.86. The molecule has 4 unspecified atom stereocenters. The van der Waals surface area contributed by atoms with Crippen LogP contribution in [0.5, 0.6) is 0 Å². The van der Waals surface area contributed by atoms with E-state index in [-0.39, 0.29) is 0 Å². The van der Waals surface area contributed by atoms with Gasteiger partial charge < -0.3 is 0 Å². The third-order valence-corrected chi connectivity index (χ3v) is 8.86. The molecule has 2 aliphatic carbocycles. The highest BCUT2D eigenvalue weighted by Gasteiger charge is 2.31. The van der Waals surface area contributed by atoms with Gasteiger partial charge in [-0.15, -0.1) is 0 Å². The Bertz CT molecular complexity index is 1170. The first-order chi connectivity index (χ1) is 16.9. The quantitative estimate of drug-likeness (QED) is 0.373. The zero-order chi connectivity index (χ0) is 25.1. The largest absolute Gasteiger partial charge is 0.0949 e. The number of benzene rings is 2. The Morgan fingerprint density at radius 3 is 2.20 bits per heavy atom. The highest BCUT2D eigenvalue weighted by Crippen LogP contribution is 2.48. The molecule has 0 radical (unpaired) electrons. The molecule has 184 valence electrons. The molecule has 0 bridgehead atoms. The normalized spacial score (nSPS) is 25.4. The standard InChI is InChI=1S/C35H44/c1-8-11-16-30-28(10-3)22-35(33-20-15-14-19-32(30)33)26(7)25(6)34-21-27(9-2)23(4)24(5)29-17-12-13-18-31(29)34/h12-20,22-23,26-28H,5,8-11,21H2,1-4,6-7H3. The maximum Gasteiger partial charge on any atom is 0.00263 e. The van der Waals surface area contributed by atoms with E-state index in [9.17, 15) is 0 Å². The Morgan fingerprint density at radius 2 is 1.57 bits per heavy atom. The molecule has 0 fully saturated rings. The first kappa shape index (κ1) is 25.5. The second kappa shape index (κ2) is 11.0. The SMILES string of the molecule is C=C1c2ccccc2C(=C(C)C(C)C2=CC(CC)C(=CCCC)c3ccccc32)CC(CC)C1C. The van der Waals surface area contributed by atoms with Crippen LogP contribution in [-0.4, -0.2) is 0 Å². The average Bonchev–Trinajstić information content (AvgIpc) is 3.00. The Hall–Kier alpha value is -2.60. The molecule has 35 heavy (non-hydrogen) atoms. The summed E-state index contributed by atoms with van der Waals surface area (Å²) in [6.07, 6.45) is 10.9. The predicted molar refractivity (Wildman–Crippen MR) is 156 cm³/mol. The zero-order valence-corrected chi connectivity index (χ0v) is 22.8. The molecule has 4 atom stereocenters. The molecule has 0 nitrogen and oxygen atoms in total. The topological polar surface area (TPSA) is 0 Å². The molecule has 0 saturated carbocycles. The van der Waals surface area contributed by atoms with Gasteiger partial charge in [0.25, 0.3) is 0 Å². The number of allylic oxidation sites excluding steroid dienone is 7. The van der Waals surface area contributed by atoms with Crippen LogP contribution < -0.4 is 0 Å². The van der Waals surface area contributed by atoms with Crippen LogP contribution in [0.15, 0.2) is 72.8 Å². The van der Waals surface area contributed by atoms with Crippen LogP contribution in [0.3, 0.4) is 0 Å². The van der Waals surface area contributed by atoms with Gasteiger partial charge in [0.2, 0.25) is 0 Å². The molecule has 0 saturated heterocycles. The van der Waals surface area contributed by atoms with Crippen LogP contribution in [0.1, 0.15) is 95.9 Å². The summed E-state index contributed by atoms with van der Waals surface area (Å²) < 4.78 is 0. The van der Waals surface area contributed by atoms with E-state index >= 15 is 0 Å². The van der Waals surface area contributed by atoms with Crippen molar-refractivity contribution >= 4 is 22.3 Å². The van der Waals surface area contributed by atoms with Crippen LogP contribution in [-0.2, 0) is 0 Å². The smallest absolute Gasteiger partial charge is 0.00263 e. The van der Waals surface area contributed by atoms with E-state index in [0.717, 1.165) is 19.3 Å². The van der Waals surface area contributed by atoms with Gasteiger partial charge in [-0.25, -0.2) is 0 Å². The summed E-state index contributed by atoms with van der Waals surface area (Å²) in [6, 6.07) is 18.1. The molecule has 2 aliphatic rings. The minimum Gasteiger partial charge on any atom is -0.0949 e. The van der Waals surface area contributed by atoms with Gasteiger partial charge in [0.15, 0.2) is 0 Å². The molecule has 0 amide bonds. The van der Waals surface area contributed by atoms with Crippen molar-refractivity contribution in [1.82, 2.24) is 0 Å². The minimum atomic E-state index is 0.375. The molecular formula is C35H44. The van der Waals surface area contributed by atoms with Crippen molar-refractivity contribution in [1.29, 1.82) is 0 Å². The lowest BCUT2D eigenvalue weighted by Gasteiger charge is -2.31. The van der Waals surface area contributed by atoms with Crippen LogP contribution in [0.2, 0.25) is 0 Å². The fourth-order valence-corrected chi connectivity index (χ4v) is 6.33. The van der Waals surface area contributed by atoms with E-state index < -0.39 is 0 Å². The van der Waals surface area contributed by atoms with E-state index in [1.165, 1.54) is 57.4 Å². The fourth-order valence-electron chi connectivity index (χ4n) is 6.33. The van der Waals surface area contributed by atoms with Gasteiger partial charge in [-0.3, -0.25) is 0 Å². The van der Waals surface area contributed by atoms with Gasteiger partial charge in [-0.1, -0.05) is 120 Å². The van der Waals surface area contributed by atoms with Crippen molar-refractivity contribution in [2.45, 2.75) is 73.6 Å². The molecule has 0 spiro atoms. The number of hydrogen-bond donors (Lipinski definition) is 0. The fraction of sp³-hybridized carbons (Fsp3) is 0.429. The van der Waals surface area contributed by atoms with Crippen LogP contribution >= 0.6 is 0 Å². The van der Waals surface area contributed by atoms with Crippen molar-refractivity contribution < 1.29 is 0 Å². The molecule has 0 heterocycles. The second-order valence-corrected chi connectivity index (χ2v) is 10.7. The Kier molecular flexibility index (Phi) is 8.00. The summed E-state index contributed by atoms with van der Waals surface area (Å²) in [5, 5.41) is 0. The third-order valence-electron chi connectivity index (χ3n) is 8.86. The maximum absolute atomic E-state index is 4.57. The molecule has 0 aromatic heterocycles.